The molecule has 0 fully saturated rings. The zero-order chi connectivity index (χ0) is 22.4. The predicted octanol–water partition coefficient (Wildman–Crippen LogP) is 3.05. The number of rotatable bonds is 4. The second kappa shape index (κ2) is 7.81. The monoisotopic (exact) mass is 435 g/mol. The van der Waals surface area contributed by atoms with Gasteiger partial charge in [0.05, 0.1) is 36.8 Å². The third kappa shape index (κ3) is 3.16. The molecule has 4 heterocycles. The van der Waals surface area contributed by atoms with E-state index < -0.39 is 5.97 Å². The van der Waals surface area contributed by atoms with Crippen molar-refractivity contribution in [3.63, 3.8) is 0 Å². The van der Waals surface area contributed by atoms with E-state index in [9.17, 15) is 4.79 Å². The fourth-order valence-corrected chi connectivity index (χ4v) is 4.31. The van der Waals surface area contributed by atoms with Gasteiger partial charge in [-0.2, -0.15) is 0 Å². The van der Waals surface area contributed by atoms with Crippen LogP contribution in [0.4, 0.5) is 5.69 Å². The lowest BCUT2D eigenvalue weighted by atomic mass is 9.92. The highest BCUT2D eigenvalue weighted by molar-refractivity contribution is 5.98. The van der Waals surface area contributed by atoms with Crippen molar-refractivity contribution in [1.29, 1.82) is 0 Å². The number of allylic oxidation sites excluding steroid dienone is 2. The maximum atomic E-state index is 12.7. The van der Waals surface area contributed by atoms with Gasteiger partial charge < -0.3 is 19.1 Å². The Morgan fingerprint density at radius 3 is 2.84 bits per heavy atom. The molecule has 0 saturated heterocycles. The van der Waals surface area contributed by atoms with Crippen LogP contribution in [0.25, 0.3) is 5.69 Å². The number of aliphatic imine (C=N–C) groups is 1. The third-order valence-corrected chi connectivity index (χ3v) is 5.85. The molecule has 9 heteroatoms. The SMILES string of the molecule is CCOC(=O)c1nnn2c1CC1=C(C3=N[C@@H](C)CO3)C(C)C=CN1c1ccc(OC)cc1-2. The summed E-state index contributed by atoms with van der Waals surface area (Å²) in [7, 11) is 1.62. The summed E-state index contributed by atoms with van der Waals surface area (Å²) < 4.78 is 18.4. The van der Waals surface area contributed by atoms with Crippen LogP contribution in [0, 0.1) is 5.92 Å². The summed E-state index contributed by atoms with van der Waals surface area (Å²) >= 11 is 0. The Labute approximate surface area is 186 Å². The molecule has 0 radical (unpaired) electrons. The summed E-state index contributed by atoms with van der Waals surface area (Å²) in [6.45, 7) is 6.74. The smallest absolute Gasteiger partial charge is 0.360 e. The molecule has 1 unspecified atom stereocenters. The van der Waals surface area contributed by atoms with E-state index in [4.69, 9.17) is 19.2 Å². The lowest BCUT2D eigenvalue weighted by molar-refractivity contribution is 0.0518. The van der Waals surface area contributed by atoms with Crippen LogP contribution < -0.4 is 9.64 Å². The number of anilines is 1. The standard InChI is InChI=1S/C23H25N5O4/c1-5-31-23(29)21-19-11-18-20(22-24-14(3)12-32-22)13(2)8-9-27(18)16-7-6-15(30-4)10-17(16)28(19)26-25-21/h6-10,13-14H,5,11-12H2,1-4H3/t13?,14-/m0/s1. The molecule has 0 saturated carbocycles. The molecule has 1 aromatic carbocycles. The Morgan fingerprint density at radius 1 is 1.28 bits per heavy atom. The first-order valence-corrected chi connectivity index (χ1v) is 10.7. The number of aromatic nitrogens is 3. The van der Waals surface area contributed by atoms with E-state index in [0.29, 0.717) is 30.4 Å². The van der Waals surface area contributed by atoms with Crippen molar-refractivity contribution in [2.24, 2.45) is 10.9 Å². The summed E-state index contributed by atoms with van der Waals surface area (Å²) in [5, 5.41) is 8.50. The number of methoxy groups -OCH3 is 1. The van der Waals surface area contributed by atoms with Gasteiger partial charge in [0.1, 0.15) is 12.4 Å². The molecule has 0 amide bonds. The minimum atomic E-state index is -0.490. The summed E-state index contributed by atoms with van der Waals surface area (Å²) in [5.41, 5.74) is 4.50. The number of esters is 1. The molecule has 2 aromatic rings. The van der Waals surface area contributed by atoms with Gasteiger partial charge in [-0.1, -0.05) is 18.2 Å². The summed E-state index contributed by atoms with van der Waals surface area (Å²) in [4.78, 5) is 19.5. The van der Waals surface area contributed by atoms with Crippen molar-refractivity contribution in [3.05, 3.63) is 53.1 Å². The normalized spacial score (nSPS) is 21.2. The van der Waals surface area contributed by atoms with Gasteiger partial charge in [0.25, 0.3) is 0 Å². The topological polar surface area (TPSA) is 91.1 Å². The van der Waals surface area contributed by atoms with Crippen LogP contribution in [0.15, 0.2) is 46.7 Å². The van der Waals surface area contributed by atoms with E-state index >= 15 is 0 Å². The first-order chi connectivity index (χ1) is 15.5. The van der Waals surface area contributed by atoms with Crippen LogP contribution in [-0.4, -0.2) is 53.2 Å². The molecule has 3 aliphatic rings. The summed E-state index contributed by atoms with van der Waals surface area (Å²) in [6.07, 6.45) is 4.59. The molecular weight excluding hydrogens is 410 g/mol. The minimum Gasteiger partial charge on any atom is -0.497 e. The number of benzene rings is 1. The van der Waals surface area contributed by atoms with Gasteiger partial charge in [0.15, 0.2) is 5.69 Å². The van der Waals surface area contributed by atoms with Crippen LogP contribution in [0.1, 0.15) is 37.0 Å². The molecule has 2 atom stereocenters. The Kier molecular flexibility index (Phi) is 4.96. The quantitative estimate of drug-likeness (QED) is 0.682. The van der Waals surface area contributed by atoms with E-state index in [1.165, 1.54) is 0 Å². The molecule has 9 nitrogen and oxygen atoms in total. The van der Waals surface area contributed by atoms with E-state index in [1.54, 1.807) is 18.7 Å². The number of hydrogen-bond acceptors (Lipinski definition) is 8. The average Bonchev–Trinajstić information content (AvgIpc) is 3.37. The molecule has 0 bridgehead atoms. The molecule has 0 spiro atoms. The maximum Gasteiger partial charge on any atom is 0.360 e. The van der Waals surface area contributed by atoms with Gasteiger partial charge in [-0.25, -0.2) is 14.5 Å². The highest BCUT2D eigenvalue weighted by atomic mass is 16.5. The zero-order valence-electron chi connectivity index (χ0n) is 18.5. The van der Waals surface area contributed by atoms with Crippen LogP contribution in [-0.2, 0) is 15.9 Å². The molecule has 1 aromatic heterocycles. The van der Waals surface area contributed by atoms with Gasteiger partial charge in [-0.3, -0.25) is 0 Å². The number of carbonyl (C=O) groups is 1. The summed E-state index contributed by atoms with van der Waals surface area (Å²) in [6, 6.07) is 5.88. The van der Waals surface area contributed by atoms with Gasteiger partial charge in [0.2, 0.25) is 5.90 Å². The number of ether oxygens (including phenoxy) is 3. The van der Waals surface area contributed by atoms with Crippen molar-refractivity contribution in [1.82, 2.24) is 15.0 Å². The molecule has 0 N–H and O–H groups in total. The van der Waals surface area contributed by atoms with Crippen LogP contribution in [0.5, 0.6) is 5.75 Å². The lowest BCUT2D eigenvalue weighted by Gasteiger charge is -2.31. The second-order valence-electron chi connectivity index (χ2n) is 8.00. The van der Waals surface area contributed by atoms with E-state index in [1.807, 2.05) is 25.1 Å². The van der Waals surface area contributed by atoms with Crippen molar-refractivity contribution in [3.8, 4) is 11.4 Å². The second-order valence-corrected chi connectivity index (χ2v) is 8.00. The minimum absolute atomic E-state index is 0.0977. The molecular formula is C23H25N5O4. The first-order valence-electron chi connectivity index (χ1n) is 10.7. The van der Waals surface area contributed by atoms with Crippen LogP contribution in [0.3, 0.4) is 0 Å². The highest BCUT2D eigenvalue weighted by Gasteiger charge is 2.36. The molecule has 32 heavy (non-hydrogen) atoms. The third-order valence-electron chi connectivity index (χ3n) is 5.85. The Balaban J connectivity index is 1.76. The Bertz CT molecular complexity index is 1180. The number of carbonyl (C=O) groups excluding carboxylic acids is 1. The summed E-state index contributed by atoms with van der Waals surface area (Å²) in [5.74, 6) is 0.946. The van der Waals surface area contributed by atoms with Crippen molar-refractivity contribution in [2.75, 3.05) is 25.2 Å². The fraction of sp³-hybridized carbons (Fsp3) is 0.391. The van der Waals surface area contributed by atoms with Crippen molar-refractivity contribution < 1.29 is 19.0 Å². The molecule has 0 aliphatic carbocycles. The number of fused-ring (bicyclic) bond motifs is 5. The van der Waals surface area contributed by atoms with Crippen LogP contribution in [0.2, 0.25) is 0 Å². The zero-order valence-corrected chi connectivity index (χ0v) is 18.5. The van der Waals surface area contributed by atoms with Gasteiger partial charge in [0, 0.05) is 35.9 Å². The molecule has 3 aliphatic heterocycles. The molecule has 5 rings (SSSR count). The largest absolute Gasteiger partial charge is 0.497 e. The van der Waals surface area contributed by atoms with Gasteiger partial charge in [-0.05, 0) is 26.0 Å². The maximum absolute atomic E-state index is 12.7. The Hall–Kier alpha value is -3.62. The first kappa shape index (κ1) is 20.3. The van der Waals surface area contributed by atoms with Gasteiger partial charge >= 0.3 is 5.97 Å². The van der Waals surface area contributed by atoms with Crippen molar-refractivity contribution >= 4 is 17.6 Å². The van der Waals surface area contributed by atoms with Crippen LogP contribution >= 0.6 is 0 Å². The lowest BCUT2D eigenvalue weighted by Crippen LogP contribution is -2.28. The highest BCUT2D eigenvalue weighted by Crippen LogP contribution is 2.41. The van der Waals surface area contributed by atoms with Crippen molar-refractivity contribution in [2.45, 2.75) is 33.2 Å². The number of nitrogens with zero attached hydrogens (tertiary/aromatic N) is 5. The number of hydrogen-bond donors (Lipinski definition) is 0. The van der Waals surface area contributed by atoms with Gasteiger partial charge in [-0.15, -0.1) is 5.10 Å². The van der Waals surface area contributed by atoms with E-state index in [-0.39, 0.29) is 24.3 Å². The molecule has 166 valence electrons. The fourth-order valence-electron chi connectivity index (χ4n) is 4.31. The average molecular weight is 435 g/mol. The predicted molar refractivity (Wildman–Crippen MR) is 118 cm³/mol. The van der Waals surface area contributed by atoms with E-state index in [0.717, 1.165) is 22.6 Å². The Morgan fingerprint density at radius 2 is 2.12 bits per heavy atom. The van der Waals surface area contributed by atoms with E-state index in [2.05, 4.69) is 34.4 Å².